The Balaban J connectivity index is 1.28. The molecule has 1 atom stereocenters. The molecule has 0 radical (unpaired) electrons. The second-order valence-electron chi connectivity index (χ2n) is 6.56. The zero-order chi connectivity index (χ0) is 18.5. The van der Waals surface area contributed by atoms with Crippen molar-refractivity contribution in [3.8, 4) is 5.88 Å². The van der Waals surface area contributed by atoms with Crippen LogP contribution in [0, 0.1) is 0 Å². The van der Waals surface area contributed by atoms with Gasteiger partial charge in [0.1, 0.15) is 11.8 Å². The van der Waals surface area contributed by atoms with Crippen molar-refractivity contribution >= 4 is 11.6 Å². The number of imidazole rings is 1. The van der Waals surface area contributed by atoms with Crippen LogP contribution in [-0.4, -0.2) is 58.0 Å². The van der Waals surface area contributed by atoms with Crippen molar-refractivity contribution in [3.05, 3.63) is 60.7 Å². The molecule has 1 saturated heterocycles. The number of guanidine groups is 1. The van der Waals surface area contributed by atoms with Crippen molar-refractivity contribution in [2.75, 3.05) is 26.7 Å². The van der Waals surface area contributed by atoms with Crippen LogP contribution in [0.15, 0.2) is 60.0 Å². The molecule has 0 bridgehead atoms. The van der Waals surface area contributed by atoms with Crippen molar-refractivity contribution < 1.29 is 4.74 Å². The van der Waals surface area contributed by atoms with Crippen LogP contribution in [0.5, 0.6) is 5.88 Å². The number of nitrogens with zero attached hydrogens (tertiary/aromatic N) is 5. The average Bonchev–Trinajstić information content (AvgIpc) is 3.32. The third kappa shape index (κ3) is 4.19. The number of fused-ring (bicyclic) bond motifs is 1. The van der Waals surface area contributed by atoms with Gasteiger partial charge >= 0.3 is 0 Å². The summed E-state index contributed by atoms with van der Waals surface area (Å²) in [5.74, 6) is 1.59. The number of rotatable bonds is 5. The Morgan fingerprint density at radius 3 is 3.04 bits per heavy atom. The monoisotopic (exact) mass is 364 g/mol. The van der Waals surface area contributed by atoms with E-state index in [9.17, 15) is 0 Å². The molecule has 7 heteroatoms. The van der Waals surface area contributed by atoms with Gasteiger partial charge in [-0.05, 0) is 18.2 Å². The number of aromatic nitrogens is 3. The second-order valence-corrected chi connectivity index (χ2v) is 6.56. The SMILES string of the molecule is CN=C(NCCc1cn2ccccc2n1)N1CCC(Oc2ccccn2)C1. The van der Waals surface area contributed by atoms with Gasteiger partial charge in [0, 0.05) is 57.6 Å². The Bertz CT molecular complexity index is 874. The minimum atomic E-state index is 0.136. The molecule has 27 heavy (non-hydrogen) atoms. The van der Waals surface area contributed by atoms with E-state index >= 15 is 0 Å². The van der Waals surface area contributed by atoms with Crippen LogP contribution in [0.4, 0.5) is 0 Å². The first-order valence-corrected chi connectivity index (χ1v) is 9.28. The molecule has 0 aliphatic carbocycles. The quantitative estimate of drug-likeness (QED) is 0.554. The maximum absolute atomic E-state index is 5.96. The van der Waals surface area contributed by atoms with Gasteiger partial charge in [-0.25, -0.2) is 9.97 Å². The second kappa shape index (κ2) is 8.07. The van der Waals surface area contributed by atoms with Crippen LogP contribution in [-0.2, 0) is 6.42 Å². The van der Waals surface area contributed by atoms with Crippen LogP contribution < -0.4 is 10.1 Å². The van der Waals surface area contributed by atoms with Gasteiger partial charge in [0.15, 0.2) is 5.96 Å². The first kappa shape index (κ1) is 17.3. The standard InChI is InChI=1S/C20H24N6O/c1-21-20(23-11-8-16-14-25-12-5-3-6-18(25)24-16)26-13-9-17(15-26)27-19-7-2-4-10-22-19/h2-7,10,12,14,17H,8-9,11,13,15H2,1H3,(H,21,23). The van der Waals surface area contributed by atoms with E-state index in [-0.39, 0.29) is 6.10 Å². The van der Waals surface area contributed by atoms with Crippen LogP contribution in [0.1, 0.15) is 12.1 Å². The highest BCUT2D eigenvalue weighted by atomic mass is 16.5. The molecule has 4 heterocycles. The minimum Gasteiger partial charge on any atom is -0.472 e. The molecule has 0 amide bonds. The fraction of sp³-hybridized carbons (Fsp3) is 0.350. The fourth-order valence-electron chi connectivity index (χ4n) is 3.35. The van der Waals surface area contributed by atoms with E-state index in [1.54, 1.807) is 6.20 Å². The Morgan fingerprint density at radius 2 is 2.22 bits per heavy atom. The van der Waals surface area contributed by atoms with Crippen molar-refractivity contribution in [2.45, 2.75) is 18.9 Å². The van der Waals surface area contributed by atoms with Crippen LogP contribution in [0.2, 0.25) is 0 Å². The van der Waals surface area contributed by atoms with Gasteiger partial charge in [-0.3, -0.25) is 4.99 Å². The van der Waals surface area contributed by atoms with Crippen molar-refractivity contribution in [1.29, 1.82) is 0 Å². The third-order valence-corrected chi connectivity index (χ3v) is 4.66. The number of hydrogen-bond donors (Lipinski definition) is 1. The first-order valence-electron chi connectivity index (χ1n) is 9.28. The molecule has 1 aliphatic rings. The molecule has 7 nitrogen and oxygen atoms in total. The van der Waals surface area contributed by atoms with Crippen molar-refractivity contribution in [3.63, 3.8) is 0 Å². The van der Waals surface area contributed by atoms with Gasteiger partial charge in [-0.2, -0.15) is 0 Å². The molecule has 3 aromatic heterocycles. The highest BCUT2D eigenvalue weighted by Gasteiger charge is 2.26. The lowest BCUT2D eigenvalue weighted by Crippen LogP contribution is -2.41. The summed E-state index contributed by atoms with van der Waals surface area (Å²) in [5, 5.41) is 3.44. The van der Waals surface area contributed by atoms with E-state index in [2.05, 4.69) is 31.4 Å². The Kier molecular flexibility index (Phi) is 5.18. The van der Waals surface area contributed by atoms with Gasteiger partial charge in [-0.15, -0.1) is 0 Å². The molecule has 0 saturated carbocycles. The molecule has 1 aliphatic heterocycles. The smallest absolute Gasteiger partial charge is 0.213 e. The molecule has 1 fully saturated rings. The first-order chi connectivity index (χ1) is 13.3. The largest absolute Gasteiger partial charge is 0.472 e. The number of ether oxygens (including phenoxy) is 1. The predicted octanol–water partition coefficient (Wildman–Crippen LogP) is 2.00. The summed E-state index contributed by atoms with van der Waals surface area (Å²) >= 11 is 0. The molecule has 0 spiro atoms. The Morgan fingerprint density at radius 1 is 1.30 bits per heavy atom. The van der Waals surface area contributed by atoms with E-state index < -0.39 is 0 Å². The average molecular weight is 364 g/mol. The summed E-state index contributed by atoms with van der Waals surface area (Å²) in [6.07, 6.45) is 7.79. The van der Waals surface area contributed by atoms with E-state index in [1.165, 1.54) is 0 Å². The lowest BCUT2D eigenvalue weighted by molar-refractivity contribution is 0.205. The minimum absolute atomic E-state index is 0.136. The molecule has 3 aromatic rings. The maximum Gasteiger partial charge on any atom is 0.213 e. The molecular formula is C20H24N6O. The van der Waals surface area contributed by atoms with Gasteiger partial charge in [-0.1, -0.05) is 12.1 Å². The number of nitrogens with one attached hydrogen (secondary N) is 1. The number of aliphatic imine (C=N–C) groups is 1. The zero-order valence-corrected chi connectivity index (χ0v) is 15.5. The van der Waals surface area contributed by atoms with E-state index in [0.29, 0.717) is 5.88 Å². The number of pyridine rings is 2. The highest BCUT2D eigenvalue weighted by Crippen LogP contribution is 2.16. The van der Waals surface area contributed by atoms with Crippen LogP contribution >= 0.6 is 0 Å². The van der Waals surface area contributed by atoms with Crippen molar-refractivity contribution in [2.24, 2.45) is 4.99 Å². The lowest BCUT2D eigenvalue weighted by atomic mass is 10.3. The lowest BCUT2D eigenvalue weighted by Gasteiger charge is -2.21. The number of likely N-dealkylation sites (tertiary alicyclic amines) is 1. The van der Waals surface area contributed by atoms with E-state index in [1.807, 2.05) is 54.0 Å². The summed E-state index contributed by atoms with van der Waals surface area (Å²) in [4.78, 5) is 15.5. The Labute approximate surface area is 158 Å². The van der Waals surface area contributed by atoms with Gasteiger partial charge in [0.25, 0.3) is 0 Å². The normalized spacial score (nSPS) is 17.4. The van der Waals surface area contributed by atoms with Crippen LogP contribution in [0.3, 0.4) is 0 Å². The van der Waals surface area contributed by atoms with Crippen LogP contribution in [0.25, 0.3) is 5.65 Å². The molecule has 4 rings (SSSR count). The van der Waals surface area contributed by atoms with E-state index in [0.717, 1.165) is 49.8 Å². The molecule has 0 aromatic carbocycles. The summed E-state index contributed by atoms with van der Waals surface area (Å²) in [6.45, 7) is 2.52. The predicted molar refractivity (Wildman–Crippen MR) is 105 cm³/mol. The summed E-state index contributed by atoms with van der Waals surface area (Å²) in [5.41, 5.74) is 2.05. The van der Waals surface area contributed by atoms with E-state index in [4.69, 9.17) is 4.74 Å². The molecule has 1 unspecified atom stereocenters. The summed E-state index contributed by atoms with van der Waals surface area (Å²) < 4.78 is 8.01. The summed E-state index contributed by atoms with van der Waals surface area (Å²) in [6, 6.07) is 11.8. The van der Waals surface area contributed by atoms with Gasteiger partial charge < -0.3 is 19.4 Å². The number of hydrogen-bond acceptors (Lipinski definition) is 4. The Hall–Kier alpha value is -3.09. The van der Waals surface area contributed by atoms with Gasteiger partial charge in [0.2, 0.25) is 5.88 Å². The maximum atomic E-state index is 5.96. The zero-order valence-electron chi connectivity index (χ0n) is 15.5. The van der Waals surface area contributed by atoms with Crippen molar-refractivity contribution in [1.82, 2.24) is 24.6 Å². The third-order valence-electron chi connectivity index (χ3n) is 4.66. The fourth-order valence-corrected chi connectivity index (χ4v) is 3.35. The molecule has 1 N–H and O–H groups in total. The van der Waals surface area contributed by atoms with Gasteiger partial charge in [0.05, 0.1) is 12.2 Å². The molecule has 140 valence electrons. The topological polar surface area (TPSA) is 67.0 Å². The molecular weight excluding hydrogens is 340 g/mol. The highest BCUT2D eigenvalue weighted by molar-refractivity contribution is 5.80. The summed E-state index contributed by atoms with van der Waals surface area (Å²) in [7, 11) is 1.82.